The zero-order valence-corrected chi connectivity index (χ0v) is 4.12. The summed E-state index contributed by atoms with van der Waals surface area (Å²) in [5.74, 6) is 0. The molecule has 0 bridgehead atoms. The second-order valence-corrected chi connectivity index (χ2v) is 1.35. The average Bonchev–Trinajstić information content (AvgIpc) is 1.41. The van der Waals surface area contributed by atoms with E-state index in [-0.39, 0.29) is 0 Å². The van der Waals surface area contributed by atoms with Crippen molar-refractivity contribution in [2.24, 2.45) is 0 Å². The molecule has 5 heavy (non-hydrogen) atoms. The van der Waals surface area contributed by atoms with Crippen molar-refractivity contribution in [1.29, 1.82) is 0 Å². The van der Waals surface area contributed by atoms with Crippen LogP contribution < -0.4 is 0 Å². The van der Waals surface area contributed by atoms with Crippen molar-refractivity contribution in [2.45, 2.75) is 19.7 Å². The zero-order chi connectivity index (χ0) is 4.12. The first-order chi connectivity index (χ1) is 2.41. The van der Waals surface area contributed by atoms with Gasteiger partial charge in [-0.25, -0.2) is 0 Å². The molecule has 0 radical (unpaired) electrons. The highest BCUT2D eigenvalue weighted by atomic mass is 13.6. The van der Waals surface area contributed by atoms with E-state index in [0.29, 0.717) is 0 Å². The van der Waals surface area contributed by atoms with E-state index in [9.17, 15) is 0 Å². The predicted octanol–water partition coefficient (Wildman–Crippen LogP) is -0.201. The molecule has 0 amide bonds. The van der Waals surface area contributed by atoms with Crippen molar-refractivity contribution >= 4 is 14.9 Å². The van der Waals surface area contributed by atoms with E-state index in [4.69, 9.17) is 0 Å². The van der Waals surface area contributed by atoms with Crippen LogP contribution in [0.2, 0.25) is 6.32 Å². The van der Waals surface area contributed by atoms with Gasteiger partial charge in [0.15, 0.2) is 0 Å². The van der Waals surface area contributed by atoms with Gasteiger partial charge < -0.3 is 0 Å². The Bertz CT molecular complexity index is 12.4. The van der Waals surface area contributed by atoms with Crippen LogP contribution in [0.1, 0.15) is 13.3 Å². The lowest BCUT2D eigenvalue weighted by Gasteiger charge is -1.76. The number of rotatable bonds is 2. The van der Waals surface area contributed by atoms with Crippen molar-refractivity contribution in [3.63, 3.8) is 0 Å². The molecule has 0 saturated carbocycles. The molecule has 0 atom stereocenters. The van der Waals surface area contributed by atoms with E-state index in [1.54, 1.807) is 0 Å². The average molecular weight is 67.7 g/mol. The maximum absolute atomic E-state index is 2.21. The molecular formula is C3H10B2. The molecule has 0 aromatic rings. The van der Waals surface area contributed by atoms with Gasteiger partial charge in [0.2, 0.25) is 0 Å². The molecule has 0 nitrogen and oxygen atoms in total. The van der Waals surface area contributed by atoms with Crippen LogP contribution in [0.3, 0.4) is 0 Å². The third-order valence-corrected chi connectivity index (χ3v) is 0.707. The highest BCUT2D eigenvalue weighted by molar-refractivity contribution is 6.89. The molecule has 28 valence electrons. The van der Waals surface area contributed by atoms with Crippen molar-refractivity contribution in [1.82, 2.24) is 0 Å². The van der Waals surface area contributed by atoms with Crippen LogP contribution in [0.25, 0.3) is 0 Å². The normalized spacial score (nSPS) is 7.40. The topological polar surface area (TPSA) is 0 Å². The first-order valence-corrected chi connectivity index (χ1v) is 2.41. The van der Waals surface area contributed by atoms with Gasteiger partial charge >= 0.3 is 0 Å². The highest BCUT2D eigenvalue weighted by Gasteiger charge is 1.72. The molecule has 0 rings (SSSR count). The van der Waals surface area contributed by atoms with E-state index in [1.807, 2.05) is 0 Å². The summed E-state index contributed by atoms with van der Waals surface area (Å²) in [6, 6.07) is 0. The van der Waals surface area contributed by atoms with Gasteiger partial charge in [-0.05, 0) is 0 Å². The third kappa shape index (κ3) is 4.13. The van der Waals surface area contributed by atoms with Gasteiger partial charge in [-0.2, -0.15) is 0 Å². The summed E-state index contributed by atoms with van der Waals surface area (Å²) in [6.45, 7) is 2.21. The van der Waals surface area contributed by atoms with Crippen molar-refractivity contribution in [2.75, 3.05) is 0 Å². The van der Waals surface area contributed by atoms with Crippen LogP contribution in [-0.4, -0.2) is 14.9 Å². The summed E-state index contributed by atoms with van der Waals surface area (Å²) in [5, 5.41) is 0. The van der Waals surface area contributed by atoms with E-state index in [1.165, 1.54) is 19.9 Å². The smallest absolute Gasteiger partial charge is 0.0821 e. The molecule has 0 aromatic carbocycles. The minimum atomic E-state index is 1.34. The maximum atomic E-state index is 2.21. The zero-order valence-electron chi connectivity index (χ0n) is 4.12. The molecule has 0 spiro atoms. The summed E-state index contributed by atoms with van der Waals surface area (Å²) in [4.78, 5) is 0. The van der Waals surface area contributed by atoms with Gasteiger partial charge in [0, 0.05) is 0 Å². The number of hydrogen-bond acceptors (Lipinski definition) is 0. The van der Waals surface area contributed by atoms with Crippen LogP contribution in [0, 0.1) is 0 Å². The van der Waals surface area contributed by atoms with Gasteiger partial charge in [0.05, 0.1) is 14.9 Å². The molecule has 0 aliphatic heterocycles. The molecule has 2 heteroatoms. The lowest BCUT2D eigenvalue weighted by atomic mass is 9.53. The quantitative estimate of drug-likeness (QED) is 0.393. The van der Waals surface area contributed by atoms with Crippen molar-refractivity contribution in [3.05, 3.63) is 0 Å². The SMILES string of the molecule is BBCCC. The van der Waals surface area contributed by atoms with Gasteiger partial charge in [-0.15, -0.1) is 0 Å². The molecule has 0 aliphatic carbocycles. The second kappa shape index (κ2) is 4.13. The Morgan fingerprint density at radius 3 is 2.40 bits per heavy atom. The first-order valence-electron chi connectivity index (χ1n) is 2.41. The van der Waals surface area contributed by atoms with Crippen molar-refractivity contribution < 1.29 is 0 Å². The Labute approximate surface area is 35.6 Å². The van der Waals surface area contributed by atoms with Crippen LogP contribution in [-0.2, 0) is 0 Å². The lowest BCUT2D eigenvalue weighted by Crippen LogP contribution is -1.82. The number of hydrogen-bond donors (Lipinski definition) is 0. The van der Waals surface area contributed by atoms with E-state index in [0.717, 1.165) is 0 Å². The van der Waals surface area contributed by atoms with E-state index < -0.39 is 0 Å². The Morgan fingerprint density at radius 1 is 1.80 bits per heavy atom. The minimum Gasteiger partial charge on any atom is -0.0852 e. The summed E-state index contributed by atoms with van der Waals surface area (Å²) in [7, 11) is 3.56. The third-order valence-electron chi connectivity index (χ3n) is 0.707. The molecule has 0 saturated heterocycles. The van der Waals surface area contributed by atoms with E-state index in [2.05, 4.69) is 14.7 Å². The summed E-state index contributed by atoms with van der Waals surface area (Å²) >= 11 is 0. The fourth-order valence-corrected chi connectivity index (χ4v) is 0.354. The van der Waals surface area contributed by atoms with Crippen LogP contribution in [0.4, 0.5) is 0 Å². The predicted molar refractivity (Wildman–Crippen MR) is 30.8 cm³/mol. The lowest BCUT2D eigenvalue weighted by molar-refractivity contribution is 1.08. The molecular weight excluding hydrogens is 57.7 g/mol. The molecule has 0 unspecified atom stereocenters. The summed E-state index contributed by atoms with van der Waals surface area (Å²) in [6.07, 6.45) is 2.73. The second-order valence-electron chi connectivity index (χ2n) is 1.35. The Balaban J connectivity index is 2.19. The monoisotopic (exact) mass is 68.1 g/mol. The largest absolute Gasteiger partial charge is 0.0852 e. The molecule has 0 aromatic heterocycles. The molecule has 0 heterocycles. The van der Waals surface area contributed by atoms with Crippen LogP contribution in [0.15, 0.2) is 0 Å². The maximum Gasteiger partial charge on any atom is 0.0821 e. The Morgan fingerprint density at radius 2 is 2.40 bits per heavy atom. The first kappa shape index (κ1) is 5.13. The fourth-order valence-electron chi connectivity index (χ4n) is 0.354. The van der Waals surface area contributed by atoms with Gasteiger partial charge in [-0.3, -0.25) is 0 Å². The van der Waals surface area contributed by atoms with Crippen LogP contribution in [0.5, 0.6) is 0 Å². The van der Waals surface area contributed by atoms with Crippen LogP contribution >= 0.6 is 0 Å². The van der Waals surface area contributed by atoms with Gasteiger partial charge in [0.25, 0.3) is 0 Å². The van der Waals surface area contributed by atoms with Crippen molar-refractivity contribution in [3.8, 4) is 0 Å². The van der Waals surface area contributed by atoms with Gasteiger partial charge in [0.1, 0.15) is 0 Å². The molecule has 0 aliphatic rings. The fraction of sp³-hybridized carbons (Fsp3) is 1.00. The summed E-state index contributed by atoms with van der Waals surface area (Å²) < 4.78 is 0. The Hall–Kier alpha value is 0.130. The van der Waals surface area contributed by atoms with E-state index >= 15 is 0 Å². The molecule has 0 N–H and O–H groups in total. The van der Waals surface area contributed by atoms with Gasteiger partial charge in [-0.1, -0.05) is 19.7 Å². The standard InChI is InChI=1S/C3H10B2/c1-2-3-5-4/h5H,2-4H2,1H3. The molecule has 0 fully saturated rings. The Kier molecular flexibility index (Phi) is 4.24. The summed E-state index contributed by atoms with van der Waals surface area (Å²) in [5.41, 5.74) is 0. The minimum absolute atomic E-state index is 1.34. The highest BCUT2D eigenvalue weighted by Crippen LogP contribution is 1.78.